The van der Waals surface area contributed by atoms with Crippen LogP contribution in [0.5, 0.6) is 5.75 Å². The lowest BCUT2D eigenvalue weighted by molar-refractivity contribution is 0.0734. The molecule has 1 saturated carbocycles. The third-order valence-corrected chi connectivity index (χ3v) is 6.31. The zero-order valence-corrected chi connectivity index (χ0v) is 19.2. The topological polar surface area (TPSA) is 80.5 Å². The molecule has 30 heavy (non-hydrogen) atoms. The van der Waals surface area contributed by atoms with Crippen LogP contribution in [0.25, 0.3) is 11.1 Å². The zero-order chi connectivity index (χ0) is 20.9. The minimum Gasteiger partial charge on any atom is -0.483 e. The Labute approximate surface area is 188 Å². The Hall–Kier alpha value is -2.36. The van der Waals surface area contributed by atoms with Gasteiger partial charge in [-0.3, -0.25) is 4.79 Å². The molecule has 0 radical (unpaired) electrons. The van der Waals surface area contributed by atoms with Crippen LogP contribution >= 0.6 is 22.6 Å². The number of halogens is 1. The van der Waals surface area contributed by atoms with E-state index in [4.69, 9.17) is 9.15 Å². The highest BCUT2D eigenvalue weighted by atomic mass is 127. The minimum absolute atomic E-state index is 0.0363. The number of carbonyl (C=O) groups excluding carboxylic acids is 1. The molecule has 2 aliphatic rings. The lowest BCUT2D eigenvalue weighted by Crippen LogP contribution is -2.36. The summed E-state index contributed by atoms with van der Waals surface area (Å²) in [5, 5.41) is 4.17. The molecule has 1 aliphatic carbocycles. The molecular weight excluding hydrogens is 495 g/mol. The second-order valence-corrected chi connectivity index (χ2v) is 8.90. The molecule has 1 amide bonds. The summed E-state index contributed by atoms with van der Waals surface area (Å²) in [7, 11) is 0. The van der Waals surface area contributed by atoms with Crippen molar-refractivity contribution in [2.24, 2.45) is 0 Å². The first-order valence-electron chi connectivity index (χ1n) is 10.1. The van der Waals surface area contributed by atoms with E-state index in [-0.39, 0.29) is 11.4 Å². The van der Waals surface area contributed by atoms with Gasteiger partial charge in [-0.05, 0) is 79.0 Å². The smallest absolute Gasteiger partial charge is 0.258 e. The predicted molar refractivity (Wildman–Crippen MR) is 122 cm³/mol. The van der Waals surface area contributed by atoms with Crippen molar-refractivity contribution in [2.75, 3.05) is 16.5 Å². The highest BCUT2D eigenvalue weighted by Gasteiger charge is 2.39. The van der Waals surface area contributed by atoms with E-state index in [0.717, 1.165) is 30.6 Å². The summed E-state index contributed by atoms with van der Waals surface area (Å²) in [6.45, 7) is 5.20. The van der Waals surface area contributed by atoms with Crippen LogP contribution in [0.2, 0.25) is 0 Å². The van der Waals surface area contributed by atoms with Crippen LogP contribution < -0.4 is 10.1 Å². The van der Waals surface area contributed by atoms with Crippen molar-refractivity contribution in [3.05, 3.63) is 47.0 Å². The molecule has 1 aliphatic heterocycles. The van der Waals surface area contributed by atoms with Gasteiger partial charge in [0.25, 0.3) is 5.91 Å². The number of alkyl halides is 1. The normalized spacial score (nSPS) is 17.0. The summed E-state index contributed by atoms with van der Waals surface area (Å²) in [4.78, 5) is 24.1. The first kappa shape index (κ1) is 19.6. The van der Waals surface area contributed by atoms with Crippen molar-refractivity contribution in [3.63, 3.8) is 0 Å². The lowest BCUT2D eigenvalue weighted by Gasteiger charge is -2.29. The second-order valence-electron chi connectivity index (χ2n) is 8.28. The molecule has 7 nitrogen and oxygen atoms in total. The van der Waals surface area contributed by atoms with E-state index in [9.17, 15) is 4.79 Å². The minimum atomic E-state index is -0.0386. The number of benzene rings is 1. The molecule has 1 N–H and O–H groups in total. The summed E-state index contributed by atoms with van der Waals surface area (Å²) in [6.07, 6.45) is 4.46. The Morgan fingerprint density at radius 2 is 2.17 bits per heavy atom. The van der Waals surface area contributed by atoms with Crippen LogP contribution in [-0.4, -0.2) is 37.5 Å². The number of ether oxygens (including phenoxy) is 1. The van der Waals surface area contributed by atoms with Crippen LogP contribution in [0, 0.1) is 6.92 Å². The van der Waals surface area contributed by atoms with E-state index in [1.165, 1.54) is 11.9 Å². The van der Waals surface area contributed by atoms with Gasteiger partial charge in [0.05, 0.1) is 10.9 Å². The Morgan fingerprint density at radius 3 is 2.93 bits per heavy atom. The van der Waals surface area contributed by atoms with Gasteiger partial charge in [0.2, 0.25) is 5.71 Å². The number of anilines is 1. The average molecular weight is 518 g/mol. The van der Waals surface area contributed by atoms with Crippen molar-refractivity contribution < 1.29 is 13.9 Å². The molecule has 0 atom stereocenters. The molecule has 0 bridgehead atoms. The van der Waals surface area contributed by atoms with Crippen molar-refractivity contribution in [1.82, 2.24) is 14.9 Å². The standard InChI is InChI=1S/C22H23IN4O3/c1-13-17(18-19(26-22(2)6-7-22)24-12-25-20(18)30-13)21(28)27-8-5-14-9-16(29-11-23)4-3-15(14)10-27/h3-4,9,12H,5-8,10-11H2,1-2H3,(H,24,25,26). The van der Waals surface area contributed by atoms with E-state index in [1.54, 1.807) is 0 Å². The van der Waals surface area contributed by atoms with Gasteiger partial charge in [-0.15, -0.1) is 0 Å². The lowest BCUT2D eigenvalue weighted by atomic mass is 9.98. The van der Waals surface area contributed by atoms with Gasteiger partial charge in [0.1, 0.15) is 28.3 Å². The Bertz CT molecular complexity index is 1140. The van der Waals surface area contributed by atoms with Gasteiger partial charge in [-0.1, -0.05) is 6.07 Å². The van der Waals surface area contributed by atoms with E-state index in [2.05, 4.69) is 56.9 Å². The number of nitrogens with zero attached hydrogens (tertiary/aromatic N) is 3. The number of rotatable bonds is 5. The van der Waals surface area contributed by atoms with Gasteiger partial charge >= 0.3 is 0 Å². The molecule has 1 fully saturated rings. The number of amides is 1. The van der Waals surface area contributed by atoms with E-state index in [1.807, 2.05) is 17.9 Å². The maximum absolute atomic E-state index is 13.6. The molecule has 5 rings (SSSR count). The molecule has 0 unspecified atom stereocenters. The molecule has 156 valence electrons. The first-order valence-corrected chi connectivity index (χ1v) is 11.6. The van der Waals surface area contributed by atoms with E-state index < -0.39 is 0 Å². The predicted octanol–water partition coefficient (Wildman–Crippen LogP) is 4.47. The maximum Gasteiger partial charge on any atom is 0.258 e. The van der Waals surface area contributed by atoms with Crippen molar-refractivity contribution >= 4 is 45.4 Å². The maximum atomic E-state index is 13.6. The first-order chi connectivity index (χ1) is 14.5. The van der Waals surface area contributed by atoms with E-state index in [0.29, 0.717) is 45.9 Å². The van der Waals surface area contributed by atoms with Gasteiger partial charge < -0.3 is 19.4 Å². The third kappa shape index (κ3) is 3.51. The highest BCUT2D eigenvalue weighted by Crippen LogP contribution is 2.40. The van der Waals surface area contributed by atoms with Crippen molar-refractivity contribution in [2.45, 2.75) is 45.2 Å². The summed E-state index contributed by atoms with van der Waals surface area (Å²) in [6, 6.07) is 6.11. The fraction of sp³-hybridized carbons (Fsp3) is 0.409. The second kappa shape index (κ2) is 7.40. The van der Waals surface area contributed by atoms with Gasteiger partial charge in [-0.25, -0.2) is 9.97 Å². The molecule has 3 aromatic rings. The molecular formula is C22H23IN4O3. The van der Waals surface area contributed by atoms with Crippen LogP contribution in [0.3, 0.4) is 0 Å². The fourth-order valence-electron chi connectivity index (χ4n) is 4.01. The number of fused-ring (bicyclic) bond motifs is 2. The highest BCUT2D eigenvalue weighted by molar-refractivity contribution is 14.1. The number of carbonyl (C=O) groups is 1. The van der Waals surface area contributed by atoms with Gasteiger partial charge in [-0.2, -0.15) is 0 Å². The Balaban J connectivity index is 1.47. The SMILES string of the molecule is Cc1oc2ncnc(NC3(C)CC3)c2c1C(=O)N1CCc2cc(OCI)ccc2C1. The van der Waals surface area contributed by atoms with Crippen LogP contribution in [0.15, 0.2) is 28.9 Å². The molecule has 0 saturated heterocycles. The summed E-state index contributed by atoms with van der Waals surface area (Å²) in [5.41, 5.74) is 3.44. The molecule has 8 heteroatoms. The van der Waals surface area contributed by atoms with Crippen LogP contribution in [0.1, 0.15) is 47.0 Å². The van der Waals surface area contributed by atoms with Gasteiger partial charge in [0, 0.05) is 18.6 Å². The van der Waals surface area contributed by atoms with Crippen LogP contribution in [0.4, 0.5) is 5.82 Å². The summed E-state index contributed by atoms with van der Waals surface area (Å²) >= 11 is 2.19. The molecule has 3 heterocycles. The Kier molecular flexibility index (Phi) is 4.83. The number of nitrogens with one attached hydrogen (secondary N) is 1. The summed E-state index contributed by atoms with van der Waals surface area (Å²) < 4.78 is 12.1. The number of hydrogen-bond donors (Lipinski definition) is 1. The third-order valence-electron chi connectivity index (χ3n) is 6.00. The average Bonchev–Trinajstić information content (AvgIpc) is 3.35. The van der Waals surface area contributed by atoms with Crippen molar-refractivity contribution in [1.29, 1.82) is 0 Å². The number of aryl methyl sites for hydroxylation is 1. The van der Waals surface area contributed by atoms with Gasteiger partial charge in [0.15, 0.2) is 0 Å². The number of hydrogen-bond acceptors (Lipinski definition) is 6. The quantitative estimate of drug-likeness (QED) is 0.397. The monoisotopic (exact) mass is 518 g/mol. The number of aromatic nitrogens is 2. The van der Waals surface area contributed by atoms with E-state index >= 15 is 0 Å². The fourth-order valence-corrected chi connectivity index (χ4v) is 4.37. The van der Waals surface area contributed by atoms with Crippen molar-refractivity contribution in [3.8, 4) is 5.75 Å². The number of furan rings is 1. The zero-order valence-electron chi connectivity index (χ0n) is 17.0. The largest absolute Gasteiger partial charge is 0.483 e. The molecule has 2 aromatic heterocycles. The molecule has 0 spiro atoms. The summed E-state index contributed by atoms with van der Waals surface area (Å²) in [5.74, 6) is 2.10. The molecule has 1 aromatic carbocycles. The van der Waals surface area contributed by atoms with Crippen LogP contribution in [-0.2, 0) is 13.0 Å². The Morgan fingerprint density at radius 1 is 1.33 bits per heavy atom.